The van der Waals surface area contributed by atoms with Crippen molar-refractivity contribution in [3.8, 4) is 0 Å². The average molecular weight is 449 g/mol. The molecule has 1 aliphatic heterocycles. The summed E-state index contributed by atoms with van der Waals surface area (Å²) < 4.78 is 28.4. The van der Waals surface area contributed by atoms with E-state index in [1.807, 2.05) is 4.72 Å². The number of hydrogen-bond acceptors (Lipinski definition) is 6. The number of benzene rings is 2. The summed E-state index contributed by atoms with van der Waals surface area (Å²) in [6.45, 7) is -0.152. The van der Waals surface area contributed by atoms with E-state index in [0.717, 1.165) is 18.2 Å². The molecule has 0 radical (unpaired) electrons. The molecule has 1 heterocycles. The van der Waals surface area contributed by atoms with Gasteiger partial charge in [0.2, 0.25) is 15.7 Å². The molecule has 0 aliphatic carbocycles. The van der Waals surface area contributed by atoms with Gasteiger partial charge in [0.05, 0.1) is 9.82 Å². The molecule has 31 heavy (non-hydrogen) atoms. The van der Waals surface area contributed by atoms with Gasteiger partial charge in [0.1, 0.15) is 0 Å². The Morgan fingerprint density at radius 3 is 2.42 bits per heavy atom. The van der Waals surface area contributed by atoms with Gasteiger partial charge in [-0.15, -0.1) is 0 Å². The van der Waals surface area contributed by atoms with E-state index >= 15 is 0 Å². The van der Waals surface area contributed by atoms with Crippen molar-refractivity contribution in [3.63, 3.8) is 0 Å². The molecule has 2 aromatic carbocycles. The molecule has 1 amide bonds. The Bertz CT molecular complexity index is 1140. The van der Waals surface area contributed by atoms with Crippen LogP contribution < -0.4 is 4.72 Å². The van der Waals surface area contributed by atoms with Crippen LogP contribution in [0.5, 0.6) is 0 Å². The van der Waals surface area contributed by atoms with E-state index in [4.69, 9.17) is 0 Å². The Balaban J connectivity index is 2.08. The second-order valence-electron chi connectivity index (χ2n) is 7.02. The topological polar surface area (TPSA) is 167 Å². The van der Waals surface area contributed by atoms with Gasteiger partial charge < -0.3 is 10.2 Å². The highest BCUT2D eigenvalue weighted by molar-refractivity contribution is 7.89. The lowest BCUT2D eigenvalue weighted by molar-refractivity contribution is -0.385. The second kappa shape index (κ2) is 8.32. The summed E-state index contributed by atoms with van der Waals surface area (Å²) in [5.74, 6) is -1.65. The number of carbonyl (C=O) groups is 2. The summed E-state index contributed by atoms with van der Waals surface area (Å²) in [7, 11) is -4.57. The molecule has 164 valence electrons. The molecule has 0 saturated carbocycles. The summed E-state index contributed by atoms with van der Waals surface area (Å²) in [4.78, 5) is 34.2. The highest BCUT2D eigenvalue weighted by atomic mass is 32.2. The highest BCUT2D eigenvalue weighted by Gasteiger charge is 2.53. The largest absolute Gasteiger partial charge is 0.478 e. The zero-order valence-electron chi connectivity index (χ0n) is 16.1. The van der Waals surface area contributed by atoms with Gasteiger partial charge in [0, 0.05) is 18.7 Å². The minimum Gasteiger partial charge on any atom is -0.478 e. The number of aliphatic carboxylic acids is 1. The van der Waals surface area contributed by atoms with Crippen LogP contribution >= 0.6 is 0 Å². The summed E-state index contributed by atoms with van der Waals surface area (Å²) in [5.41, 5.74) is -1.93. The zero-order valence-corrected chi connectivity index (χ0v) is 16.9. The van der Waals surface area contributed by atoms with Crippen LogP contribution in [0.4, 0.5) is 10.5 Å². The Labute approximate surface area is 177 Å². The van der Waals surface area contributed by atoms with Gasteiger partial charge in [-0.05, 0) is 36.5 Å². The summed E-state index contributed by atoms with van der Waals surface area (Å²) in [6, 6.07) is 11.8. The molecule has 0 aromatic heterocycles. The molecular weight excluding hydrogens is 430 g/mol. The number of nitrogens with zero attached hydrogens (tertiary/aromatic N) is 2. The molecule has 1 fully saturated rings. The maximum Gasteiger partial charge on any atom is 0.409 e. The van der Waals surface area contributed by atoms with Crippen LogP contribution in [-0.2, 0) is 21.2 Å². The number of nitro groups is 1. The number of nitro benzene ring substituents is 1. The average Bonchev–Trinajstić information content (AvgIpc) is 3.13. The van der Waals surface area contributed by atoms with E-state index in [0.29, 0.717) is 10.5 Å². The molecule has 1 saturated heterocycles. The third-order valence-electron chi connectivity index (χ3n) is 5.05. The van der Waals surface area contributed by atoms with Crippen LogP contribution in [0.1, 0.15) is 24.0 Å². The van der Waals surface area contributed by atoms with Crippen molar-refractivity contribution in [1.29, 1.82) is 0 Å². The minimum atomic E-state index is -4.57. The molecular formula is C19H19N3O8S. The zero-order chi connectivity index (χ0) is 22.8. The number of nitrogens with one attached hydrogen (secondary N) is 1. The third-order valence-corrected chi connectivity index (χ3v) is 6.63. The van der Waals surface area contributed by atoms with Crippen molar-refractivity contribution in [3.05, 3.63) is 69.8 Å². The lowest BCUT2D eigenvalue weighted by Crippen LogP contribution is -2.63. The summed E-state index contributed by atoms with van der Waals surface area (Å²) >= 11 is 0. The van der Waals surface area contributed by atoms with Gasteiger partial charge in [-0.1, -0.05) is 30.3 Å². The van der Waals surface area contributed by atoms with Gasteiger partial charge in [-0.2, -0.15) is 4.72 Å². The fourth-order valence-corrected chi connectivity index (χ4v) is 5.20. The third kappa shape index (κ3) is 4.34. The SMILES string of the molecule is O=C(O)N1CCCC1(NS(=O)(=O)c1ccc([N+](=O)[O-])cc1Cc1ccccc1)C(=O)O. The lowest BCUT2D eigenvalue weighted by Gasteiger charge is -2.33. The molecule has 2 aromatic rings. The predicted octanol–water partition coefficient (Wildman–Crippen LogP) is 2.02. The van der Waals surface area contributed by atoms with E-state index in [1.165, 1.54) is 0 Å². The van der Waals surface area contributed by atoms with E-state index in [-0.39, 0.29) is 42.0 Å². The fraction of sp³-hybridized carbons (Fsp3) is 0.263. The summed E-state index contributed by atoms with van der Waals surface area (Å²) in [6.07, 6.45) is -1.65. The van der Waals surface area contributed by atoms with Crippen molar-refractivity contribution in [2.24, 2.45) is 0 Å². The van der Waals surface area contributed by atoms with Crippen LogP contribution in [0.2, 0.25) is 0 Å². The van der Waals surface area contributed by atoms with E-state index < -0.39 is 32.7 Å². The second-order valence-corrected chi connectivity index (χ2v) is 8.67. The molecule has 11 nitrogen and oxygen atoms in total. The quantitative estimate of drug-likeness (QED) is 0.426. The number of hydrogen-bond donors (Lipinski definition) is 3. The molecule has 0 spiro atoms. The molecule has 3 N–H and O–H groups in total. The number of carboxylic acids is 1. The maximum absolute atomic E-state index is 13.2. The highest BCUT2D eigenvalue weighted by Crippen LogP contribution is 2.31. The van der Waals surface area contributed by atoms with E-state index in [1.54, 1.807) is 30.3 Å². The van der Waals surface area contributed by atoms with Crippen LogP contribution in [0.3, 0.4) is 0 Å². The maximum atomic E-state index is 13.2. The number of amides is 1. The van der Waals surface area contributed by atoms with Crippen molar-refractivity contribution < 1.29 is 33.1 Å². The van der Waals surface area contributed by atoms with Crippen LogP contribution in [0.25, 0.3) is 0 Å². The van der Waals surface area contributed by atoms with Gasteiger partial charge in [0.15, 0.2) is 0 Å². The molecule has 1 atom stereocenters. The number of non-ortho nitro benzene ring substituents is 1. The van der Waals surface area contributed by atoms with Gasteiger partial charge in [-0.25, -0.2) is 18.0 Å². The molecule has 12 heteroatoms. The number of rotatable bonds is 7. The normalized spacial score (nSPS) is 18.6. The standard InChI is InChI=1S/C19H19N3O8S/c23-17(24)19(9-4-10-21(19)18(25)26)20-31(29,30)16-8-7-15(22(27)28)12-14(16)11-13-5-2-1-3-6-13/h1-3,5-8,12,20H,4,9-11H2,(H,23,24)(H,25,26). The molecule has 1 unspecified atom stereocenters. The number of sulfonamides is 1. The first-order valence-corrected chi connectivity index (χ1v) is 10.6. The van der Waals surface area contributed by atoms with Crippen molar-refractivity contribution in [1.82, 2.24) is 9.62 Å². The van der Waals surface area contributed by atoms with Gasteiger partial charge in [0.25, 0.3) is 5.69 Å². The van der Waals surface area contributed by atoms with E-state index in [9.17, 15) is 38.3 Å². The van der Waals surface area contributed by atoms with Crippen LogP contribution in [-0.4, -0.2) is 52.7 Å². The van der Waals surface area contributed by atoms with E-state index in [2.05, 4.69) is 0 Å². The first kappa shape index (κ1) is 22.2. The Kier molecular flexibility index (Phi) is 5.95. The Hall–Kier alpha value is -3.51. The summed E-state index contributed by atoms with van der Waals surface area (Å²) in [5, 5.41) is 30.3. The molecule has 1 aliphatic rings. The van der Waals surface area contributed by atoms with Gasteiger partial charge >= 0.3 is 12.1 Å². The lowest BCUT2D eigenvalue weighted by atomic mass is 10.0. The first-order valence-electron chi connectivity index (χ1n) is 9.16. The van der Waals surface area contributed by atoms with Gasteiger partial charge in [-0.3, -0.25) is 15.0 Å². The Morgan fingerprint density at radius 1 is 1.16 bits per heavy atom. The molecule has 3 rings (SSSR count). The smallest absolute Gasteiger partial charge is 0.409 e. The Morgan fingerprint density at radius 2 is 1.84 bits per heavy atom. The van der Waals surface area contributed by atoms with Crippen molar-refractivity contribution >= 4 is 27.8 Å². The number of carboxylic acid groups (broad SMARTS) is 2. The van der Waals surface area contributed by atoms with Crippen LogP contribution in [0, 0.1) is 10.1 Å². The van der Waals surface area contributed by atoms with Crippen LogP contribution in [0.15, 0.2) is 53.4 Å². The number of likely N-dealkylation sites (tertiary alicyclic amines) is 1. The van der Waals surface area contributed by atoms with Crippen molar-refractivity contribution in [2.75, 3.05) is 6.54 Å². The monoisotopic (exact) mass is 449 g/mol. The predicted molar refractivity (Wildman–Crippen MR) is 107 cm³/mol. The minimum absolute atomic E-state index is 0.0292. The fourth-order valence-electron chi connectivity index (χ4n) is 3.62. The first-order chi connectivity index (χ1) is 14.6. The molecule has 0 bridgehead atoms. The van der Waals surface area contributed by atoms with Crippen molar-refractivity contribution in [2.45, 2.75) is 29.8 Å².